The number of hydrogen-bond donors (Lipinski definition) is 1. The van der Waals surface area contributed by atoms with Gasteiger partial charge in [0, 0.05) is 24.8 Å². The molecule has 80 valence electrons. The fraction of sp³-hybridized carbons (Fsp3) is 0.385. The van der Waals surface area contributed by atoms with E-state index in [0.717, 1.165) is 19.5 Å². The summed E-state index contributed by atoms with van der Waals surface area (Å²) >= 11 is 0. The smallest absolute Gasteiger partial charge is 0.0429 e. The van der Waals surface area contributed by atoms with E-state index in [1.54, 1.807) is 0 Å². The van der Waals surface area contributed by atoms with E-state index in [0.29, 0.717) is 6.04 Å². The number of anilines is 1. The third kappa shape index (κ3) is 2.39. The number of fused-ring (bicyclic) bond motifs is 1. The number of hydrogen-bond acceptors (Lipinski definition) is 2. The van der Waals surface area contributed by atoms with Crippen molar-refractivity contribution in [2.45, 2.75) is 12.5 Å². The molecule has 0 saturated carbocycles. The first-order valence-corrected chi connectivity index (χ1v) is 5.43. The Balaban J connectivity index is 1.93. The summed E-state index contributed by atoms with van der Waals surface area (Å²) in [4.78, 5) is 2.29. The lowest BCUT2D eigenvalue weighted by Crippen LogP contribution is -2.33. The van der Waals surface area contributed by atoms with Crippen LogP contribution < -0.4 is 5.32 Å². The Hall–Kier alpha value is -1.28. The minimum absolute atomic E-state index is 0.548. The molecule has 1 aromatic rings. The van der Waals surface area contributed by atoms with Crippen molar-refractivity contribution in [1.82, 2.24) is 4.90 Å². The zero-order valence-corrected chi connectivity index (χ0v) is 9.24. The fourth-order valence-corrected chi connectivity index (χ4v) is 2.16. The van der Waals surface area contributed by atoms with Gasteiger partial charge in [0.05, 0.1) is 0 Å². The summed E-state index contributed by atoms with van der Waals surface area (Å²) < 4.78 is 0. The summed E-state index contributed by atoms with van der Waals surface area (Å²) in [5.74, 6) is 0. The zero-order valence-electron chi connectivity index (χ0n) is 9.24. The predicted octanol–water partition coefficient (Wildman–Crippen LogP) is 2.14. The third-order valence-corrected chi connectivity index (χ3v) is 2.82. The van der Waals surface area contributed by atoms with Crippen molar-refractivity contribution in [3.8, 4) is 0 Å². The Morgan fingerprint density at radius 3 is 3.07 bits per heavy atom. The van der Waals surface area contributed by atoms with Gasteiger partial charge in [-0.1, -0.05) is 24.3 Å². The van der Waals surface area contributed by atoms with E-state index < -0.39 is 0 Å². The maximum absolute atomic E-state index is 3.75. The van der Waals surface area contributed by atoms with Crippen molar-refractivity contribution in [2.75, 3.05) is 25.5 Å². The minimum atomic E-state index is 0.548. The van der Waals surface area contributed by atoms with Crippen LogP contribution in [0.5, 0.6) is 0 Å². The van der Waals surface area contributed by atoms with Crippen LogP contribution in [0, 0.1) is 0 Å². The van der Waals surface area contributed by atoms with E-state index in [1.807, 2.05) is 6.08 Å². The normalized spacial score (nSPS) is 18.7. The van der Waals surface area contributed by atoms with Gasteiger partial charge in [-0.25, -0.2) is 0 Å². The monoisotopic (exact) mass is 202 g/mol. The molecule has 0 aromatic heterocycles. The van der Waals surface area contributed by atoms with Gasteiger partial charge < -0.3 is 10.2 Å². The van der Waals surface area contributed by atoms with Gasteiger partial charge in [0.1, 0.15) is 0 Å². The van der Waals surface area contributed by atoms with Crippen LogP contribution in [-0.2, 0) is 6.42 Å². The van der Waals surface area contributed by atoms with Crippen molar-refractivity contribution < 1.29 is 0 Å². The number of rotatable bonds is 4. The van der Waals surface area contributed by atoms with Gasteiger partial charge >= 0.3 is 0 Å². The molecule has 0 fully saturated rings. The first-order valence-electron chi connectivity index (χ1n) is 5.43. The van der Waals surface area contributed by atoms with Gasteiger partial charge in [-0.05, 0) is 25.1 Å². The minimum Gasteiger partial charge on any atom is -0.380 e. The molecule has 15 heavy (non-hydrogen) atoms. The van der Waals surface area contributed by atoms with Gasteiger partial charge in [-0.15, -0.1) is 6.58 Å². The van der Waals surface area contributed by atoms with Gasteiger partial charge in [0.25, 0.3) is 0 Å². The van der Waals surface area contributed by atoms with Gasteiger partial charge in [-0.2, -0.15) is 0 Å². The Morgan fingerprint density at radius 1 is 1.53 bits per heavy atom. The van der Waals surface area contributed by atoms with E-state index in [9.17, 15) is 0 Å². The van der Waals surface area contributed by atoms with Crippen molar-refractivity contribution in [2.24, 2.45) is 0 Å². The molecule has 2 nitrogen and oxygen atoms in total. The molecule has 1 aliphatic rings. The maximum Gasteiger partial charge on any atom is 0.0429 e. The van der Waals surface area contributed by atoms with Gasteiger partial charge in [-0.3, -0.25) is 0 Å². The number of para-hydroxylation sites is 1. The van der Waals surface area contributed by atoms with Crippen LogP contribution in [0.1, 0.15) is 5.56 Å². The van der Waals surface area contributed by atoms with Crippen LogP contribution in [0.4, 0.5) is 5.69 Å². The summed E-state index contributed by atoms with van der Waals surface area (Å²) in [6, 6.07) is 9.10. The number of nitrogens with zero attached hydrogens (tertiary/aromatic N) is 1. The molecule has 1 aliphatic heterocycles. The summed E-state index contributed by atoms with van der Waals surface area (Å²) in [6.45, 7) is 5.78. The molecule has 2 rings (SSSR count). The molecule has 0 amide bonds. The third-order valence-electron chi connectivity index (χ3n) is 2.82. The summed E-state index contributed by atoms with van der Waals surface area (Å²) in [5.41, 5.74) is 2.74. The summed E-state index contributed by atoms with van der Waals surface area (Å²) in [6.07, 6.45) is 3.08. The second kappa shape index (κ2) is 4.49. The van der Waals surface area contributed by atoms with Crippen molar-refractivity contribution in [1.29, 1.82) is 0 Å². The zero-order chi connectivity index (χ0) is 10.7. The quantitative estimate of drug-likeness (QED) is 0.753. The van der Waals surface area contributed by atoms with E-state index in [-0.39, 0.29) is 0 Å². The highest BCUT2D eigenvalue weighted by Crippen LogP contribution is 2.25. The van der Waals surface area contributed by atoms with E-state index in [4.69, 9.17) is 0 Å². The molecule has 0 bridgehead atoms. The van der Waals surface area contributed by atoms with Crippen LogP contribution in [0.3, 0.4) is 0 Å². The summed E-state index contributed by atoms with van der Waals surface area (Å²) in [7, 11) is 2.13. The number of benzene rings is 1. The van der Waals surface area contributed by atoms with Gasteiger partial charge in [0.2, 0.25) is 0 Å². The van der Waals surface area contributed by atoms with Crippen LogP contribution in [0.15, 0.2) is 36.9 Å². The molecule has 1 unspecified atom stereocenters. The average molecular weight is 202 g/mol. The molecule has 0 spiro atoms. The van der Waals surface area contributed by atoms with Crippen LogP contribution in [0.25, 0.3) is 0 Å². The highest BCUT2D eigenvalue weighted by Gasteiger charge is 2.20. The molecule has 1 aromatic carbocycles. The molecular weight excluding hydrogens is 184 g/mol. The molecule has 1 N–H and O–H groups in total. The summed E-state index contributed by atoms with van der Waals surface area (Å²) in [5, 5.41) is 3.55. The topological polar surface area (TPSA) is 15.3 Å². The van der Waals surface area contributed by atoms with Crippen molar-refractivity contribution >= 4 is 5.69 Å². The number of nitrogens with one attached hydrogen (secondary N) is 1. The molecule has 2 heteroatoms. The maximum atomic E-state index is 3.75. The molecule has 1 heterocycles. The largest absolute Gasteiger partial charge is 0.380 e. The Bertz CT molecular complexity index is 321. The second-order valence-corrected chi connectivity index (χ2v) is 4.21. The van der Waals surface area contributed by atoms with E-state index in [1.165, 1.54) is 11.3 Å². The second-order valence-electron chi connectivity index (χ2n) is 4.21. The van der Waals surface area contributed by atoms with E-state index >= 15 is 0 Å². The molecule has 1 atom stereocenters. The first-order chi connectivity index (χ1) is 7.29. The van der Waals surface area contributed by atoms with Crippen molar-refractivity contribution in [3.05, 3.63) is 42.5 Å². The highest BCUT2D eigenvalue weighted by atomic mass is 15.1. The predicted molar refractivity (Wildman–Crippen MR) is 65.3 cm³/mol. The molecular formula is C13H18N2. The average Bonchev–Trinajstić information content (AvgIpc) is 2.59. The van der Waals surface area contributed by atoms with Crippen LogP contribution >= 0.6 is 0 Å². The standard InChI is InChI=1S/C13H18N2/c1-3-8-15(2)10-12-9-11-6-4-5-7-13(11)14-12/h3-7,12,14H,1,8-10H2,2H3. The van der Waals surface area contributed by atoms with E-state index in [2.05, 4.69) is 48.1 Å². The SMILES string of the molecule is C=CCN(C)CC1Cc2ccccc2N1. The van der Waals surface area contributed by atoms with Gasteiger partial charge in [0.15, 0.2) is 0 Å². The fourth-order valence-electron chi connectivity index (χ4n) is 2.16. The van der Waals surface area contributed by atoms with Crippen molar-refractivity contribution in [3.63, 3.8) is 0 Å². The molecule has 0 aliphatic carbocycles. The lowest BCUT2D eigenvalue weighted by Gasteiger charge is -2.19. The lowest BCUT2D eigenvalue weighted by atomic mass is 10.1. The lowest BCUT2D eigenvalue weighted by molar-refractivity contribution is 0.352. The highest BCUT2D eigenvalue weighted by molar-refractivity contribution is 5.56. The molecule has 0 radical (unpaired) electrons. The Morgan fingerprint density at radius 2 is 2.33 bits per heavy atom. The molecule has 0 saturated heterocycles. The Labute approximate surface area is 91.6 Å². The first kappa shape index (κ1) is 10.2. The Kier molecular flexibility index (Phi) is 3.07. The van der Waals surface area contributed by atoms with Crippen LogP contribution in [-0.4, -0.2) is 31.1 Å². The number of likely N-dealkylation sites (N-methyl/N-ethyl adjacent to an activating group) is 1. The van der Waals surface area contributed by atoms with Crippen LogP contribution in [0.2, 0.25) is 0 Å².